The molecule has 1 aromatic heterocycles. The van der Waals surface area contributed by atoms with Gasteiger partial charge in [-0.3, -0.25) is 14.3 Å². The number of fused-ring (bicyclic) bond motifs is 2. The van der Waals surface area contributed by atoms with E-state index in [2.05, 4.69) is 50.0 Å². The van der Waals surface area contributed by atoms with Crippen molar-refractivity contribution in [2.45, 2.75) is 49.8 Å². The fourth-order valence-electron chi connectivity index (χ4n) is 5.36. The van der Waals surface area contributed by atoms with E-state index < -0.39 is 43.6 Å². The molecular weight excluding hydrogens is 464 g/mol. The first kappa shape index (κ1) is 23.9. The number of aromatic amines is 1. The smallest absolute Gasteiger partial charge is 0.330 e. The second-order valence-corrected chi connectivity index (χ2v) is 14.6. The molecule has 4 atom stereocenters. The minimum Gasteiger partial charge on any atom is -0.404 e. The number of aliphatic hydroxyl groups excluding tert-OH is 1. The summed E-state index contributed by atoms with van der Waals surface area (Å²) >= 11 is 0. The Kier molecular flexibility index (Phi) is 5.93. The van der Waals surface area contributed by atoms with E-state index in [1.807, 2.05) is 36.4 Å². The SMILES string of the molecule is CC(C)(C)[Si](OC[C@]12COC([C@H](n3ccc(=O)[nH]c3=O)O1)[C@H]2O)(c1ccccc1)c1ccccc1. The Morgan fingerprint density at radius 1 is 1.06 bits per heavy atom. The van der Waals surface area contributed by atoms with Gasteiger partial charge < -0.3 is 19.0 Å². The number of benzene rings is 2. The van der Waals surface area contributed by atoms with Crippen molar-refractivity contribution in [3.63, 3.8) is 0 Å². The van der Waals surface area contributed by atoms with E-state index in [0.717, 1.165) is 10.4 Å². The zero-order valence-electron chi connectivity index (χ0n) is 20.0. The zero-order valence-corrected chi connectivity index (χ0v) is 21.0. The fraction of sp³-hybridized carbons (Fsp3) is 0.385. The number of H-pyrrole nitrogens is 1. The molecule has 2 saturated heterocycles. The van der Waals surface area contributed by atoms with Gasteiger partial charge in [0.1, 0.15) is 17.8 Å². The Hall–Kier alpha value is -2.82. The van der Waals surface area contributed by atoms with E-state index in [9.17, 15) is 14.7 Å². The third kappa shape index (κ3) is 3.84. The van der Waals surface area contributed by atoms with Gasteiger partial charge in [-0.25, -0.2) is 4.79 Å². The van der Waals surface area contributed by atoms with E-state index in [4.69, 9.17) is 13.9 Å². The highest BCUT2D eigenvalue weighted by Gasteiger charge is 2.63. The lowest BCUT2D eigenvalue weighted by atomic mass is 10.0. The summed E-state index contributed by atoms with van der Waals surface area (Å²) in [4.78, 5) is 26.1. The van der Waals surface area contributed by atoms with Crippen LogP contribution in [-0.2, 0) is 13.9 Å². The number of ether oxygens (including phenoxy) is 2. The summed E-state index contributed by atoms with van der Waals surface area (Å²) < 4.78 is 20.5. The van der Waals surface area contributed by atoms with Crippen LogP contribution in [0.2, 0.25) is 5.04 Å². The van der Waals surface area contributed by atoms with Crippen LogP contribution in [0, 0.1) is 0 Å². The van der Waals surface area contributed by atoms with E-state index in [1.54, 1.807) is 0 Å². The van der Waals surface area contributed by atoms with E-state index in [0.29, 0.717) is 0 Å². The first-order chi connectivity index (χ1) is 16.7. The quantitative estimate of drug-likeness (QED) is 0.499. The first-order valence-electron chi connectivity index (χ1n) is 11.7. The molecule has 2 bridgehead atoms. The topological polar surface area (TPSA) is 103 Å². The van der Waals surface area contributed by atoms with Gasteiger partial charge in [0.05, 0.1) is 13.2 Å². The van der Waals surface area contributed by atoms with Gasteiger partial charge in [0.25, 0.3) is 13.9 Å². The summed E-state index contributed by atoms with van der Waals surface area (Å²) in [6.07, 6.45) is -1.25. The minimum atomic E-state index is -2.87. The molecule has 2 aromatic carbocycles. The van der Waals surface area contributed by atoms with Crippen molar-refractivity contribution < 1.29 is 19.0 Å². The van der Waals surface area contributed by atoms with Crippen LogP contribution < -0.4 is 21.6 Å². The average molecular weight is 495 g/mol. The van der Waals surface area contributed by atoms with Gasteiger partial charge in [0.2, 0.25) is 0 Å². The van der Waals surface area contributed by atoms with E-state index in [1.165, 1.54) is 16.8 Å². The van der Waals surface area contributed by atoms with Crippen LogP contribution in [-0.4, -0.2) is 54.0 Å². The van der Waals surface area contributed by atoms with Crippen molar-refractivity contribution >= 4 is 18.7 Å². The Morgan fingerprint density at radius 2 is 1.66 bits per heavy atom. The molecule has 2 aliphatic heterocycles. The Balaban J connectivity index is 1.53. The number of rotatable bonds is 6. The molecular formula is C26H30N2O6Si. The van der Waals surface area contributed by atoms with Crippen LogP contribution in [0.1, 0.15) is 27.0 Å². The molecule has 1 unspecified atom stereocenters. The molecule has 2 aliphatic rings. The van der Waals surface area contributed by atoms with Gasteiger partial charge in [0, 0.05) is 12.3 Å². The molecule has 184 valence electrons. The summed E-state index contributed by atoms with van der Waals surface area (Å²) in [5.74, 6) is 0. The van der Waals surface area contributed by atoms with Gasteiger partial charge in [-0.2, -0.15) is 0 Å². The molecule has 0 saturated carbocycles. The van der Waals surface area contributed by atoms with Crippen molar-refractivity contribution in [3.05, 3.63) is 93.8 Å². The van der Waals surface area contributed by atoms with Crippen molar-refractivity contribution in [3.8, 4) is 0 Å². The predicted molar refractivity (Wildman–Crippen MR) is 133 cm³/mol. The molecule has 2 N–H and O–H groups in total. The molecule has 5 rings (SSSR count). The molecule has 35 heavy (non-hydrogen) atoms. The second kappa shape index (κ2) is 8.68. The molecule has 0 spiro atoms. The molecule has 2 fully saturated rings. The van der Waals surface area contributed by atoms with Crippen molar-refractivity contribution in [2.75, 3.05) is 13.2 Å². The van der Waals surface area contributed by atoms with Crippen molar-refractivity contribution in [1.82, 2.24) is 9.55 Å². The lowest BCUT2D eigenvalue weighted by Gasteiger charge is -2.45. The molecule has 3 heterocycles. The largest absolute Gasteiger partial charge is 0.404 e. The van der Waals surface area contributed by atoms with Crippen LogP contribution in [0.25, 0.3) is 0 Å². The maximum atomic E-state index is 12.4. The summed E-state index contributed by atoms with van der Waals surface area (Å²) in [6, 6.07) is 21.7. The van der Waals surface area contributed by atoms with Crippen LogP contribution in [0.3, 0.4) is 0 Å². The molecule has 9 heteroatoms. The summed E-state index contributed by atoms with van der Waals surface area (Å²) in [6.45, 7) is 6.77. The Labute approximate surface area is 204 Å². The van der Waals surface area contributed by atoms with Crippen molar-refractivity contribution in [1.29, 1.82) is 0 Å². The maximum absolute atomic E-state index is 12.4. The van der Waals surface area contributed by atoms with Crippen LogP contribution in [0.15, 0.2) is 82.5 Å². The Morgan fingerprint density at radius 3 is 2.20 bits per heavy atom. The molecule has 8 nitrogen and oxygen atoms in total. The highest BCUT2D eigenvalue weighted by molar-refractivity contribution is 6.99. The van der Waals surface area contributed by atoms with Crippen LogP contribution in [0.5, 0.6) is 0 Å². The van der Waals surface area contributed by atoms with E-state index >= 15 is 0 Å². The number of nitrogens with zero attached hydrogens (tertiary/aromatic N) is 1. The highest BCUT2D eigenvalue weighted by Crippen LogP contribution is 2.46. The van der Waals surface area contributed by atoms with E-state index in [-0.39, 0.29) is 18.3 Å². The molecule has 0 amide bonds. The Bertz CT molecular complexity index is 1260. The lowest BCUT2D eigenvalue weighted by molar-refractivity contribution is -0.185. The monoisotopic (exact) mass is 494 g/mol. The highest BCUT2D eigenvalue weighted by atomic mass is 28.4. The summed E-state index contributed by atoms with van der Waals surface area (Å²) in [7, 11) is -2.87. The number of hydrogen-bond donors (Lipinski definition) is 2. The van der Waals surface area contributed by atoms with Crippen LogP contribution in [0.4, 0.5) is 0 Å². The van der Waals surface area contributed by atoms with Crippen LogP contribution >= 0.6 is 0 Å². The van der Waals surface area contributed by atoms with Gasteiger partial charge in [0.15, 0.2) is 6.23 Å². The minimum absolute atomic E-state index is 0.0898. The average Bonchev–Trinajstić information content (AvgIpc) is 3.29. The molecule has 0 aliphatic carbocycles. The normalized spacial score (nSPS) is 26.2. The molecule has 3 aromatic rings. The fourth-order valence-corrected chi connectivity index (χ4v) is 9.97. The van der Waals surface area contributed by atoms with Gasteiger partial charge >= 0.3 is 5.69 Å². The number of aliphatic hydroxyl groups is 1. The standard InChI is InChI=1S/C26H30N2O6Si/c1-25(2,3)35(18-10-6-4-7-11-18,19-12-8-5-9-13-19)33-17-26-16-32-21(22(26)30)23(34-26)28-15-14-20(29)27-24(28)31/h4-15,21-23,30H,16-17H2,1-3H3,(H,27,29,31)/t21?,22-,23-,26+/m1/s1. The maximum Gasteiger partial charge on any atom is 0.330 e. The lowest BCUT2D eigenvalue weighted by Crippen LogP contribution is -2.68. The van der Waals surface area contributed by atoms with Crippen molar-refractivity contribution in [2.24, 2.45) is 0 Å². The third-order valence-corrected chi connectivity index (χ3v) is 12.1. The first-order valence-corrected chi connectivity index (χ1v) is 13.6. The van der Waals surface area contributed by atoms with Gasteiger partial charge in [-0.1, -0.05) is 81.4 Å². The number of hydrogen-bond acceptors (Lipinski definition) is 6. The summed E-state index contributed by atoms with van der Waals surface area (Å²) in [5.41, 5.74) is -2.26. The van der Waals surface area contributed by atoms with Gasteiger partial charge in [-0.05, 0) is 15.4 Å². The summed E-state index contributed by atoms with van der Waals surface area (Å²) in [5, 5.41) is 13.2. The van der Waals surface area contributed by atoms with Gasteiger partial charge in [-0.15, -0.1) is 0 Å². The third-order valence-electron chi connectivity index (χ3n) is 7.08. The molecule has 0 radical (unpaired) electrons. The zero-order chi connectivity index (χ0) is 24.8. The predicted octanol–water partition coefficient (Wildman–Crippen LogP) is 1.14. The number of aromatic nitrogens is 2. The number of nitrogens with one attached hydrogen (secondary N) is 1. The second-order valence-electron chi connectivity index (χ2n) is 10.3.